The number of aliphatic hydroxyl groups excluding tert-OH is 1. The van der Waals surface area contributed by atoms with E-state index in [0.29, 0.717) is 0 Å². The molecule has 3 nitrogen and oxygen atoms in total. The van der Waals surface area contributed by atoms with E-state index in [1.54, 1.807) is 6.92 Å². The van der Waals surface area contributed by atoms with Crippen molar-refractivity contribution in [1.29, 1.82) is 0 Å². The van der Waals surface area contributed by atoms with Gasteiger partial charge in [0.05, 0.1) is 6.10 Å². The molecule has 0 aliphatic carbocycles. The van der Waals surface area contributed by atoms with Gasteiger partial charge in [0, 0.05) is 5.69 Å². The molecule has 0 aliphatic heterocycles. The Balaban J connectivity index is 0.00000121. The predicted octanol–water partition coefficient (Wildman–Crippen LogP) is 1.45. The highest BCUT2D eigenvalue weighted by atomic mass is 35.5. The van der Waals surface area contributed by atoms with Gasteiger partial charge >= 0.3 is 0 Å². The third-order valence-corrected chi connectivity index (χ3v) is 1.56. The van der Waals surface area contributed by atoms with Gasteiger partial charge < -0.3 is 10.5 Å². The molecule has 1 aromatic rings. The third kappa shape index (κ3) is 2.70. The van der Waals surface area contributed by atoms with E-state index in [1.165, 1.54) is 0 Å². The van der Waals surface area contributed by atoms with E-state index < -0.39 is 6.10 Å². The Morgan fingerprint density at radius 1 is 1.33 bits per heavy atom. The highest BCUT2D eigenvalue weighted by Crippen LogP contribution is 2.14. The van der Waals surface area contributed by atoms with Gasteiger partial charge in [-0.1, -0.05) is 12.1 Å². The van der Waals surface area contributed by atoms with E-state index in [0.717, 1.165) is 11.3 Å². The number of benzene rings is 1. The Kier molecular flexibility index (Phi) is 4.66. The molecule has 0 saturated carbocycles. The average Bonchev–Trinajstić information content (AvgIpc) is 2.05. The molecule has 1 unspecified atom stereocenters. The van der Waals surface area contributed by atoms with Crippen LogP contribution in [0, 0.1) is 0 Å². The molecule has 1 rings (SSSR count). The van der Waals surface area contributed by atoms with Gasteiger partial charge in [-0.15, -0.1) is 12.4 Å². The molecule has 0 heterocycles. The molecular weight excluding hydrogens is 176 g/mol. The second-order valence-electron chi connectivity index (χ2n) is 2.44. The number of rotatable bonds is 2. The lowest BCUT2D eigenvalue weighted by Gasteiger charge is -2.04. The van der Waals surface area contributed by atoms with Crippen molar-refractivity contribution in [3.05, 3.63) is 29.8 Å². The van der Waals surface area contributed by atoms with Crippen molar-refractivity contribution in [3.8, 4) is 0 Å². The van der Waals surface area contributed by atoms with Crippen LogP contribution in [0.4, 0.5) is 5.69 Å². The number of hydrazine groups is 1. The summed E-state index contributed by atoms with van der Waals surface area (Å²) in [4.78, 5) is 0. The zero-order valence-corrected chi connectivity index (χ0v) is 7.64. The van der Waals surface area contributed by atoms with Crippen LogP contribution in [0.25, 0.3) is 0 Å². The second kappa shape index (κ2) is 4.98. The Labute approximate surface area is 78.0 Å². The first kappa shape index (κ1) is 11.2. The number of hydrogen-bond acceptors (Lipinski definition) is 3. The topological polar surface area (TPSA) is 58.3 Å². The summed E-state index contributed by atoms with van der Waals surface area (Å²) in [5.74, 6) is 5.16. The lowest BCUT2D eigenvalue weighted by atomic mass is 10.1. The molecule has 68 valence electrons. The largest absolute Gasteiger partial charge is 0.389 e. The number of anilines is 1. The van der Waals surface area contributed by atoms with Crippen LogP contribution in [-0.4, -0.2) is 5.11 Å². The van der Waals surface area contributed by atoms with Crippen molar-refractivity contribution in [2.45, 2.75) is 13.0 Å². The predicted molar refractivity (Wildman–Crippen MR) is 52.1 cm³/mol. The van der Waals surface area contributed by atoms with Crippen LogP contribution in [0.3, 0.4) is 0 Å². The Hall–Kier alpha value is -0.770. The van der Waals surface area contributed by atoms with E-state index in [9.17, 15) is 0 Å². The van der Waals surface area contributed by atoms with Crippen LogP contribution in [0.1, 0.15) is 18.6 Å². The molecule has 0 radical (unpaired) electrons. The minimum atomic E-state index is -0.415. The van der Waals surface area contributed by atoms with Gasteiger partial charge in [-0.05, 0) is 24.6 Å². The van der Waals surface area contributed by atoms with Gasteiger partial charge in [-0.2, -0.15) is 0 Å². The highest BCUT2D eigenvalue weighted by molar-refractivity contribution is 5.85. The standard InChI is InChI=1S/C8H12N2O.ClH/c1-6(11)7-2-4-8(10-9)5-3-7;/h2-6,10-11H,9H2,1H3;1H. The first-order valence-electron chi connectivity index (χ1n) is 3.48. The summed E-state index contributed by atoms with van der Waals surface area (Å²) < 4.78 is 0. The van der Waals surface area contributed by atoms with E-state index >= 15 is 0 Å². The number of nitrogen functional groups attached to an aromatic ring is 1. The van der Waals surface area contributed by atoms with Crippen LogP contribution in [-0.2, 0) is 0 Å². The molecule has 0 aliphatic rings. The molecule has 0 amide bonds. The first-order chi connectivity index (χ1) is 5.24. The summed E-state index contributed by atoms with van der Waals surface area (Å²) in [6.45, 7) is 1.73. The SMILES string of the molecule is CC(O)c1ccc(NN)cc1.Cl. The van der Waals surface area contributed by atoms with Crippen molar-refractivity contribution < 1.29 is 5.11 Å². The number of nitrogens with one attached hydrogen (secondary N) is 1. The fraction of sp³-hybridized carbons (Fsp3) is 0.250. The van der Waals surface area contributed by atoms with Gasteiger partial charge in [0.2, 0.25) is 0 Å². The summed E-state index contributed by atoms with van der Waals surface area (Å²) in [5, 5.41) is 9.14. The van der Waals surface area contributed by atoms with Crippen LogP contribution in [0.15, 0.2) is 24.3 Å². The molecule has 4 heteroatoms. The lowest BCUT2D eigenvalue weighted by Crippen LogP contribution is -2.06. The molecule has 0 spiro atoms. The average molecular weight is 189 g/mol. The summed E-state index contributed by atoms with van der Waals surface area (Å²) in [5.41, 5.74) is 4.25. The first-order valence-corrected chi connectivity index (χ1v) is 3.48. The molecule has 0 aromatic heterocycles. The number of nitrogens with two attached hydrogens (primary N) is 1. The van der Waals surface area contributed by atoms with E-state index in [2.05, 4.69) is 5.43 Å². The third-order valence-electron chi connectivity index (χ3n) is 1.56. The fourth-order valence-electron chi connectivity index (χ4n) is 0.858. The summed E-state index contributed by atoms with van der Waals surface area (Å²) in [6, 6.07) is 7.31. The fourth-order valence-corrected chi connectivity index (χ4v) is 0.858. The summed E-state index contributed by atoms with van der Waals surface area (Å²) in [7, 11) is 0. The van der Waals surface area contributed by atoms with Crippen molar-refractivity contribution in [3.63, 3.8) is 0 Å². The number of halogens is 1. The minimum Gasteiger partial charge on any atom is -0.389 e. The number of aliphatic hydroxyl groups is 1. The normalized spacial score (nSPS) is 11.6. The van der Waals surface area contributed by atoms with E-state index in [4.69, 9.17) is 10.9 Å². The maximum absolute atomic E-state index is 9.14. The Bertz CT molecular complexity index is 223. The summed E-state index contributed by atoms with van der Waals surface area (Å²) in [6.07, 6.45) is -0.415. The number of hydrogen-bond donors (Lipinski definition) is 3. The van der Waals surface area contributed by atoms with Crippen molar-refractivity contribution >= 4 is 18.1 Å². The Morgan fingerprint density at radius 2 is 1.83 bits per heavy atom. The van der Waals surface area contributed by atoms with Gasteiger partial charge in [0.15, 0.2) is 0 Å². The van der Waals surface area contributed by atoms with Gasteiger partial charge in [0.25, 0.3) is 0 Å². The summed E-state index contributed by atoms with van der Waals surface area (Å²) >= 11 is 0. The van der Waals surface area contributed by atoms with E-state index in [1.807, 2.05) is 24.3 Å². The quantitative estimate of drug-likeness (QED) is 0.487. The molecule has 0 saturated heterocycles. The van der Waals surface area contributed by atoms with E-state index in [-0.39, 0.29) is 12.4 Å². The van der Waals surface area contributed by atoms with Crippen molar-refractivity contribution in [2.24, 2.45) is 5.84 Å². The van der Waals surface area contributed by atoms with Gasteiger partial charge in [0.1, 0.15) is 0 Å². The van der Waals surface area contributed by atoms with Crippen LogP contribution in [0.5, 0.6) is 0 Å². The molecule has 1 aromatic carbocycles. The lowest BCUT2D eigenvalue weighted by molar-refractivity contribution is 0.199. The Morgan fingerprint density at radius 3 is 2.17 bits per heavy atom. The minimum absolute atomic E-state index is 0. The molecular formula is C8H13ClN2O. The highest BCUT2D eigenvalue weighted by Gasteiger charge is 1.98. The molecule has 4 N–H and O–H groups in total. The van der Waals surface area contributed by atoms with Crippen LogP contribution >= 0.6 is 12.4 Å². The zero-order valence-electron chi connectivity index (χ0n) is 6.82. The second-order valence-corrected chi connectivity index (χ2v) is 2.44. The molecule has 1 atom stereocenters. The maximum Gasteiger partial charge on any atom is 0.0761 e. The molecule has 0 bridgehead atoms. The van der Waals surface area contributed by atoms with Crippen LogP contribution in [0.2, 0.25) is 0 Å². The van der Waals surface area contributed by atoms with Crippen LogP contribution < -0.4 is 11.3 Å². The maximum atomic E-state index is 9.14. The molecule has 0 fully saturated rings. The van der Waals surface area contributed by atoms with Crippen molar-refractivity contribution in [2.75, 3.05) is 5.43 Å². The zero-order chi connectivity index (χ0) is 8.27. The molecule has 12 heavy (non-hydrogen) atoms. The monoisotopic (exact) mass is 188 g/mol. The smallest absolute Gasteiger partial charge is 0.0761 e. The van der Waals surface area contributed by atoms with Gasteiger partial charge in [-0.3, -0.25) is 5.84 Å². The van der Waals surface area contributed by atoms with Crippen molar-refractivity contribution in [1.82, 2.24) is 0 Å². The van der Waals surface area contributed by atoms with Gasteiger partial charge in [-0.25, -0.2) is 0 Å².